The summed E-state index contributed by atoms with van der Waals surface area (Å²) in [5.41, 5.74) is 1.50. The van der Waals surface area contributed by atoms with Crippen molar-refractivity contribution in [1.29, 1.82) is 0 Å². The lowest BCUT2D eigenvalue weighted by atomic mass is 9.89. The highest BCUT2D eigenvalue weighted by Gasteiger charge is 2.28. The van der Waals surface area contributed by atoms with Crippen LogP contribution >= 0.6 is 11.3 Å². The fraction of sp³-hybridized carbons (Fsp3) is 0.667. The number of likely N-dealkylation sites (tertiary alicyclic amines) is 1. The Bertz CT molecular complexity index is 867. The lowest BCUT2D eigenvalue weighted by Crippen LogP contribution is -2.50. The minimum atomic E-state index is 0.302. The highest BCUT2D eigenvalue weighted by molar-refractivity contribution is 7.19. The normalized spacial score (nSPS) is 23.4. The van der Waals surface area contributed by atoms with Crippen molar-refractivity contribution in [1.82, 2.24) is 19.8 Å². The van der Waals surface area contributed by atoms with Gasteiger partial charge >= 0.3 is 0 Å². The van der Waals surface area contributed by atoms with Gasteiger partial charge in [0.1, 0.15) is 17.0 Å². The van der Waals surface area contributed by atoms with E-state index in [1.807, 2.05) is 16.2 Å². The number of aryl methyl sites for hydroxylation is 1. The van der Waals surface area contributed by atoms with E-state index in [1.54, 1.807) is 6.33 Å². The molecule has 1 amide bonds. The predicted octanol–water partition coefficient (Wildman–Crippen LogP) is 2.56. The molecule has 1 unspecified atom stereocenters. The molecule has 6 nitrogen and oxygen atoms in total. The maximum atomic E-state index is 12.4. The van der Waals surface area contributed by atoms with Gasteiger partial charge in [0.2, 0.25) is 5.91 Å². The first-order valence-electron chi connectivity index (χ1n) is 10.7. The second kappa shape index (κ2) is 7.59. The van der Waals surface area contributed by atoms with E-state index >= 15 is 0 Å². The molecule has 2 saturated heterocycles. The molecule has 5 rings (SSSR count). The molecule has 2 fully saturated rings. The number of rotatable bonds is 3. The molecule has 4 heterocycles. The van der Waals surface area contributed by atoms with Gasteiger partial charge in [-0.15, -0.1) is 11.3 Å². The molecule has 0 aromatic carbocycles. The molecular weight excluding hydrogens is 370 g/mol. The average molecular weight is 400 g/mol. The number of aromatic nitrogens is 2. The van der Waals surface area contributed by atoms with Crippen LogP contribution in [0, 0.1) is 5.92 Å². The number of nitrogens with zero attached hydrogens (tertiary/aromatic N) is 5. The van der Waals surface area contributed by atoms with Crippen LogP contribution in [-0.4, -0.2) is 71.5 Å². The van der Waals surface area contributed by atoms with Gasteiger partial charge in [-0.2, -0.15) is 0 Å². The molecule has 1 atom stereocenters. The summed E-state index contributed by atoms with van der Waals surface area (Å²) >= 11 is 1.87. The minimum Gasteiger partial charge on any atom is -0.353 e. The second-order valence-electron chi connectivity index (χ2n) is 8.58. The Morgan fingerprint density at radius 3 is 2.71 bits per heavy atom. The summed E-state index contributed by atoms with van der Waals surface area (Å²) in [5, 5.41) is 1.30. The molecule has 0 saturated carbocycles. The summed E-state index contributed by atoms with van der Waals surface area (Å²) in [4.78, 5) is 31.1. The Hall–Kier alpha value is -1.73. The van der Waals surface area contributed by atoms with Crippen LogP contribution < -0.4 is 4.90 Å². The monoisotopic (exact) mass is 399 g/mol. The second-order valence-corrected chi connectivity index (χ2v) is 9.66. The first kappa shape index (κ1) is 18.3. The van der Waals surface area contributed by atoms with Crippen LogP contribution in [0.15, 0.2) is 6.33 Å². The smallest absolute Gasteiger partial charge is 0.236 e. The Labute approximate surface area is 170 Å². The highest BCUT2D eigenvalue weighted by Crippen LogP contribution is 2.40. The number of thiophene rings is 1. The van der Waals surface area contributed by atoms with Crippen LogP contribution in [0.25, 0.3) is 10.2 Å². The molecule has 150 valence electrons. The number of fused-ring (bicyclic) bond motifs is 3. The number of hydrogen-bond acceptors (Lipinski definition) is 6. The predicted molar refractivity (Wildman–Crippen MR) is 113 cm³/mol. The van der Waals surface area contributed by atoms with Gasteiger partial charge in [-0.05, 0) is 43.6 Å². The Morgan fingerprint density at radius 2 is 1.93 bits per heavy atom. The van der Waals surface area contributed by atoms with Crippen molar-refractivity contribution in [2.75, 3.05) is 50.7 Å². The summed E-state index contributed by atoms with van der Waals surface area (Å²) < 4.78 is 0. The molecule has 3 aliphatic rings. The van der Waals surface area contributed by atoms with Gasteiger partial charge in [-0.25, -0.2) is 9.97 Å². The number of amides is 1. The lowest BCUT2D eigenvalue weighted by Gasteiger charge is -2.36. The fourth-order valence-electron chi connectivity index (χ4n) is 4.87. The molecule has 2 aromatic heterocycles. The van der Waals surface area contributed by atoms with E-state index in [0.717, 1.165) is 75.1 Å². The standard InChI is InChI=1S/C21H29N5OS/c1-15-4-5-16-17(12-15)28-21-19(16)20(22-14-23-21)26-10-8-24(9-11-26)13-18(27)25-6-2-3-7-25/h14-15H,2-13H2,1H3. The van der Waals surface area contributed by atoms with Crippen molar-refractivity contribution >= 4 is 33.3 Å². The summed E-state index contributed by atoms with van der Waals surface area (Å²) in [5.74, 6) is 2.19. The van der Waals surface area contributed by atoms with Crippen molar-refractivity contribution < 1.29 is 4.79 Å². The van der Waals surface area contributed by atoms with Gasteiger partial charge in [0.25, 0.3) is 0 Å². The number of hydrogen-bond donors (Lipinski definition) is 0. The van der Waals surface area contributed by atoms with Crippen molar-refractivity contribution in [2.45, 2.75) is 39.0 Å². The van der Waals surface area contributed by atoms with E-state index in [2.05, 4.69) is 21.7 Å². The van der Waals surface area contributed by atoms with Gasteiger partial charge in [0.15, 0.2) is 0 Å². The number of anilines is 1. The lowest BCUT2D eigenvalue weighted by molar-refractivity contribution is -0.131. The van der Waals surface area contributed by atoms with Crippen molar-refractivity contribution in [2.24, 2.45) is 5.92 Å². The van der Waals surface area contributed by atoms with Crippen LogP contribution in [0.2, 0.25) is 0 Å². The van der Waals surface area contributed by atoms with E-state index < -0.39 is 0 Å². The molecule has 1 aliphatic carbocycles. The van der Waals surface area contributed by atoms with Crippen LogP contribution in [0.4, 0.5) is 5.82 Å². The summed E-state index contributed by atoms with van der Waals surface area (Å²) in [6.45, 7) is 8.52. The maximum Gasteiger partial charge on any atom is 0.236 e. The molecule has 0 radical (unpaired) electrons. The first-order chi connectivity index (χ1) is 13.7. The molecule has 0 bridgehead atoms. The SMILES string of the molecule is CC1CCc2c(sc3ncnc(N4CCN(CC(=O)N5CCCC5)CC4)c23)C1. The molecule has 0 N–H and O–H groups in total. The van der Waals surface area contributed by atoms with Gasteiger partial charge in [0, 0.05) is 44.1 Å². The third-order valence-electron chi connectivity index (χ3n) is 6.56. The van der Waals surface area contributed by atoms with E-state index in [9.17, 15) is 4.79 Å². The van der Waals surface area contributed by atoms with Crippen LogP contribution in [0.1, 0.15) is 36.6 Å². The molecule has 0 spiro atoms. The van der Waals surface area contributed by atoms with E-state index in [4.69, 9.17) is 4.98 Å². The Kier molecular flexibility index (Phi) is 4.97. The van der Waals surface area contributed by atoms with E-state index in [0.29, 0.717) is 12.5 Å². The van der Waals surface area contributed by atoms with Crippen molar-refractivity contribution in [3.63, 3.8) is 0 Å². The van der Waals surface area contributed by atoms with Gasteiger partial charge < -0.3 is 9.80 Å². The molecule has 2 aliphatic heterocycles. The molecule has 28 heavy (non-hydrogen) atoms. The van der Waals surface area contributed by atoms with Crippen LogP contribution in [-0.2, 0) is 17.6 Å². The summed E-state index contributed by atoms with van der Waals surface area (Å²) in [7, 11) is 0. The van der Waals surface area contributed by atoms with Gasteiger partial charge in [-0.1, -0.05) is 6.92 Å². The Balaban J connectivity index is 1.30. The van der Waals surface area contributed by atoms with E-state index in [1.165, 1.54) is 28.7 Å². The first-order valence-corrected chi connectivity index (χ1v) is 11.5. The van der Waals surface area contributed by atoms with Gasteiger partial charge in [-0.3, -0.25) is 9.69 Å². The largest absolute Gasteiger partial charge is 0.353 e. The highest BCUT2D eigenvalue weighted by atomic mass is 32.1. The quantitative estimate of drug-likeness (QED) is 0.794. The number of carbonyl (C=O) groups is 1. The van der Waals surface area contributed by atoms with E-state index in [-0.39, 0.29) is 0 Å². The molecular formula is C21H29N5OS. The third kappa shape index (κ3) is 3.39. The minimum absolute atomic E-state index is 0.302. The number of carbonyl (C=O) groups excluding carboxylic acids is 1. The molecule has 2 aromatic rings. The van der Waals surface area contributed by atoms with Crippen molar-refractivity contribution in [3.8, 4) is 0 Å². The van der Waals surface area contributed by atoms with Crippen LogP contribution in [0.5, 0.6) is 0 Å². The molecule has 7 heteroatoms. The maximum absolute atomic E-state index is 12.4. The third-order valence-corrected chi connectivity index (χ3v) is 7.72. The average Bonchev–Trinajstić information content (AvgIpc) is 3.36. The zero-order valence-electron chi connectivity index (χ0n) is 16.7. The zero-order valence-corrected chi connectivity index (χ0v) is 17.5. The number of piperazine rings is 1. The van der Waals surface area contributed by atoms with Crippen LogP contribution in [0.3, 0.4) is 0 Å². The topological polar surface area (TPSA) is 52.6 Å². The zero-order chi connectivity index (χ0) is 19.1. The summed E-state index contributed by atoms with van der Waals surface area (Å²) in [6.07, 6.45) is 7.65. The fourth-order valence-corrected chi connectivity index (χ4v) is 6.22. The van der Waals surface area contributed by atoms with Crippen molar-refractivity contribution in [3.05, 3.63) is 16.8 Å². The van der Waals surface area contributed by atoms with Gasteiger partial charge in [0.05, 0.1) is 11.9 Å². The summed E-state index contributed by atoms with van der Waals surface area (Å²) in [6, 6.07) is 0. The Morgan fingerprint density at radius 1 is 1.14 bits per heavy atom.